The summed E-state index contributed by atoms with van der Waals surface area (Å²) >= 11 is 0. The van der Waals surface area contributed by atoms with Gasteiger partial charge in [-0.1, -0.05) is 19.1 Å². The van der Waals surface area contributed by atoms with Crippen LogP contribution in [0.25, 0.3) is 0 Å². The molecule has 0 aliphatic carbocycles. The van der Waals surface area contributed by atoms with Crippen LogP contribution in [0.15, 0.2) is 24.3 Å². The summed E-state index contributed by atoms with van der Waals surface area (Å²) in [7, 11) is 0. The second kappa shape index (κ2) is 7.62. The molecule has 1 rings (SSSR count). The molecular weight excluding hydrogens is 275 g/mol. The van der Waals surface area contributed by atoms with Crippen molar-refractivity contribution >= 4 is 5.91 Å². The second-order valence-corrected chi connectivity index (χ2v) is 3.98. The quantitative estimate of drug-likeness (QED) is 0.839. The predicted octanol–water partition coefficient (Wildman–Crippen LogP) is 2.53. The molecule has 0 aliphatic rings. The van der Waals surface area contributed by atoms with E-state index < -0.39 is 25.2 Å². The highest BCUT2D eigenvalue weighted by Crippen LogP contribution is 2.26. The highest BCUT2D eigenvalue weighted by molar-refractivity contribution is 5.77. The Hall–Kier alpha value is -1.92. The van der Waals surface area contributed by atoms with E-state index in [1.165, 1.54) is 0 Å². The Morgan fingerprint density at radius 1 is 1.20 bits per heavy atom. The highest BCUT2D eigenvalue weighted by Gasteiger charge is 2.27. The van der Waals surface area contributed by atoms with Gasteiger partial charge in [-0.2, -0.15) is 13.2 Å². The monoisotopic (exact) mass is 291 g/mol. The molecule has 1 aromatic carbocycles. The lowest BCUT2D eigenvalue weighted by molar-refractivity contribution is -0.139. The first-order valence-corrected chi connectivity index (χ1v) is 6.10. The number of hydrogen-bond donors (Lipinski definition) is 1. The summed E-state index contributed by atoms with van der Waals surface area (Å²) in [6.07, 6.45) is -3.63. The summed E-state index contributed by atoms with van der Waals surface area (Å²) in [4.78, 5) is 11.2. The predicted molar refractivity (Wildman–Crippen MR) is 66.8 cm³/mol. The highest BCUT2D eigenvalue weighted by atomic mass is 19.4. The molecule has 0 spiro atoms. The van der Waals surface area contributed by atoms with E-state index in [0.29, 0.717) is 18.1 Å². The van der Waals surface area contributed by atoms with E-state index in [4.69, 9.17) is 9.47 Å². The third-order valence-electron chi connectivity index (χ3n) is 2.16. The number of carbonyl (C=O) groups is 1. The minimum absolute atomic E-state index is 0.322. The van der Waals surface area contributed by atoms with Gasteiger partial charge in [-0.15, -0.1) is 0 Å². The largest absolute Gasteiger partial charge is 0.490 e. The molecule has 0 aliphatic heterocycles. The van der Waals surface area contributed by atoms with Gasteiger partial charge in [0.2, 0.25) is 0 Å². The Labute approximate surface area is 114 Å². The maximum absolute atomic E-state index is 11.9. The van der Waals surface area contributed by atoms with Gasteiger partial charge >= 0.3 is 6.18 Å². The molecule has 7 heteroatoms. The first kappa shape index (κ1) is 16.1. The molecular formula is C13H16F3NO3. The summed E-state index contributed by atoms with van der Waals surface area (Å²) in [5.74, 6) is -0.0614. The molecule has 112 valence electrons. The van der Waals surface area contributed by atoms with Crippen LogP contribution < -0.4 is 14.8 Å². The van der Waals surface area contributed by atoms with Crippen molar-refractivity contribution in [2.75, 3.05) is 19.8 Å². The van der Waals surface area contributed by atoms with E-state index in [1.807, 2.05) is 6.92 Å². The van der Waals surface area contributed by atoms with Crippen LogP contribution in [-0.4, -0.2) is 31.8 Å². The number of para-hydroxylation sites is 2. The van der Waals surface area contributed by atoms with E-state index in [-0.39, 0.29) is 0 Å². The lowest BCUT2D eigenvalue weighted by Crippen LogP contribution is -2.36. The SMILES string of the molecule is CCCOc1ccccc1OCC(=O)NCC(F)(F)F. The van der Waals surface area contributed by atoms with Gasteiger partial charge in [0.25, 0.3) is 5.91 Å². The molecule has 0 saturated heterocycles. The zero-order valence-electron chi connectivity index (χ0n) is 11.0. The van der Waals surface area contributed by atoms with Crippen molar-refractivity contribution in [3.05, 3.63) is 24.3 Å². The Morgan fingerprint density at radius 2 is 1.80 bits per heavy atom. The van der Waals surface area contributed by atoms with E-state index in [9.17, 15) is 18.0 Å². The van der Waals surface area contributed by atoms with Crippen molar-refractivity contribution in [1.82, 2.24) is 5.32 Å². The summed E-state index contributed by atoms with van der Waals surface area (Å²) in [5, 5.41) is 1.73. The number of halogens is 3. The van der Waals surface area contributed by atoms with Gasteiger partial charge in [-0.05, 0) is 18.6 Å². The molecule has 0 aromatic heterocycles. The summed E-state index contributed by atoms with van der Waals surface area (Å²) in [6, 6.07) is 6.67. The van der Waals surface area contributed by atoms with Crippen molar-refractivity contribution < 1.29 is 27.4 Å². The fourth-order valence-corrected chi connectivity index (χ4v) is 1.29. The number of rotatable bonds is 7. The Bertz CT molecular complexity index is 435. The number of hydrogen-bond acceptors (Lipinski definition) is 3. The minimum Gasteiger partial charge on any atom is -0.490 e. The van der Waals surface area contributed by atoms with Gasteiger partial charge in [-0.25, -0.2) is 0 Å². The number of carbonyl (C=O) groups excluding carboxylic acids is 1. The van der Waals surface area contributed by atoms with Crippen LogP contribution in [0.3, 0.4) is 0 Å². The van der Waals surface area contributed by atoms with Gasteiger partial charge in [0, 0.05) is 0 Å². The topological polar surface area (TPSA) is 47.6 Å². The molecule has 0 radical (unpaired) electrons. The van der Waals surface area contributed by atoms with E-state index in [2.05, 4.69) is 0 Å². The first-order valence-electron chi connectivity index (χ1n) is 6.10. The van der Waals surface area contributed by atoms with Gasteiger partial charge in [0.1, 0.15) is 6.54 Å². The zero-order valence-corrected chi connectivity index (χ0v) is 11.0. The fourth-order valence-electron chi connectivity index (χ4n) is 1.29. The normalized spacial score (nSPS) is 11.0. The van der Waals surface area contributed by atoms with Crippen molar-refractivity contribution in [3.63, 3.8) is 0 Å². The Kier molecular flexibility index (Phi) is 6.14. The lowest BCUT2D eigenvalue weighted by atomic mass is 10.3. The van der Waals surface area contributed by atoms with E-state index >= 15 is 0 Å². The number of nitrogens with one attached hydrogen (secondary N) is 1. The third-order valence-corrected chi connectivity index (χ3v) is 2.16. The van der Waals surface area contributed by atoms with Crippen molar-refractivity contribution in [2.45, 2.75) is 19.5 Å². The van der Waals surface area contributed by atoms with E-state index in [0.717, 1.165) is 6.42 Å². The van der Waals surface area contributed by atoms with Crippen LogP contribution in [0.2, 0.25) is 0 Å². The van der Waals surface area contributed by atoms with Crippen LogP contribution in [0.5, 0.6) is 11.5 Å². The molecule has 0 fully saturated rings. The smallest absolute Gasteiger partial charge is 0.405 e. The molecule has 0 unspecified atom stereocenters. The molecule has 1 amide bonds. The van der Waals surface area contributed by atoms with Crippen molar-refractivity contribution in [2.24, 2.45) is 0 Å². The number of ether oxygens (including phenoxy) is 2. The Balaban J connectivity index is 2.46. The summed E-state index contributed by atoms with van der Waals surface area (Å²) < 4.78 is 46.3. The number of benzene rings is 1. The van der Waals surface area contributed by atoms with Crippen LogP contribution in [0, 0.1) is 0 Å². The van der Waals surface area contributed by atoms with Crippen LogP contribution >= 0.6 is 0 Å². The molecule has 4 nitrogen and oxygen atoms in total. The molecule has 0 heterocycles. The molecule has 1 aromatic rings. The number of amides is 1. The second-order valence-electron chi connectivity index (χ2n) is 3.98. The third kappa shape index (κ3) is 6.31. The standard InChI is InChI=1S/C13H16F3NO3/c1-2-7-19-10-5-3-4-6-11(10)20-8-12(18)17-9-13(14,15)16/h3-6H,2,7-9H2,1H3,(H,17,18). The molecule has 20 heavy (non-hydrogen) atoms. The van der Waals surface area contributed by atoms with Gasteiger partial charge in [-0.3, -0.25) is 4.79 Å². The number of alkyl halides is 3. The van der Waals surface area contributed by atoms with Crippen molar-refractivity contribution in [1.29, 1.82) is 0 Å². The fraction of sp³-hybridized carbons (Fsp3) is 0.462. The zero-order chi connectivity index (χ0) is 15.0. The average Bonchev–Trinajstić information content (AvgIpc) is 2.40. The van der Waals surface area contributed by atoms with Crippen molar-refractivity contribution in [3.8, 4) is 11.5 Å². The summed E-state index contributed by atoms with van der Waals surface area (Å²) in [5.41, 5.74) is 0. The van der Waals surface area contributed by atoms with Crippen LogP contribution in [-0.2, 0) is 4.79 Å². The lowest BCUT2D eigenvalue weighted by Gasteiger charge is -2.12. The Morgan fingerprint density at radius 3 is 2.35 bits per heavy atom. The molecule has 1 N–H and O–H groups in total. The average molecular weight is 291 g/mol. The van der Waals surface area contributed by atoms with Gasteiger partial charge < -0.3 is 14.8 Å². The molecule has 0 bridgehead atoms. The molecule has 0 saturated carbocycles. The first-order chi connectivity index (χ1) is 9.42. The van der Waals surface area contributed by atoms with Gasteiger partial charge in [0.05, 0.1) is 6.61 Å². The van der Waals surface area contributed by atoms with Gasteiger partial charge in [0.15, 0.2) is 18.1 Å². The molecule has 0 atom stereocenters. The van der Waals surface area contributed by atoms with E-state index in [1.54, 1.807) is 29.6 Å². The maximum Gasteiger partial charge on any atom is 0.405 e. The minimum atomic E-state index is -4.43. The summed E-state index contributed by atoms with van der Waals surface area (Å²) in [6.45, 7) is 0.556. The van der Waals surface area contributed by atoms with Crippen LogP contribution in [0.1, 0.15) is 13.3 Å². The van der Waals surface area contributed by atoms with Crippen LogP contribution in [0.4, 0.5) is 13.2 Å². The maximum atomic E-state index is 11.9.